The molecular formula is C16H11IN2O4S. The summed E-state index contributed by atoms with van der Waals surface area (Å²) in [7, 11) is 1.50. The Bertz CT molecular complexity index is 968. The molecule has 0 atom stereocenters. The number of non-ortho nitro benzene ring substituents is 1. The highest BCUT2D eigenvalue weighted by Crippen LogP contribution is 2.33. The van der Waals surface area contributed by atoms with Crippen molar-refractivity contribution in [3.05, 3.63) is 54.6 Å². The minimum Gasteiger partial charge on any atom is -0.504 e. The van der Waals surface area contributed by atoms with Crippen molar-refractivity contribution >= 4 is 62.0 Å². The van der Waals surface area contributed by atoms with Gasteiger partial charge in [-0.15, -0.1) is 11.3 Å². The van der Waals surface area contributed by atoms with E-state index in [9.17, 15) is 15.2 Å². The Morgan fingerprint density at radius 1 is 1.33 bits per heavy atom. The van der Waals surface area contributed by atoms with Gasteiger partial charge in [0.25, 0.3) is 5.69 Å². The van der Waals surface area contributed by atoms with Crippen molar-refractivity contribution in [3.8, 4) is 11.5 Å². The van der Waals surface area contributed by atoms with Crippen LogP contribution < -0.4 is 4.74 Å². The first-order chi connectivity index (χ1) is 11.5. The standard InChI is InChI=1S/C16H11IN2O4S/c1-23-13-7-9(6-11(17)16(13)20)2-5-15-18-12-4-3-10(19(21)22)8-14(12)24-15/h2-8,20H,1H3. The average molecular weight is 454 g/mol. The summed E-state index contributed by atoms with van der Waals surface area (Å²) < 4.78 is 6.59. The molecule has 0 unspecified atom stereocenters. The lowest BCUT2D eigenvalue weighted by molar-refractivity contribution is -0.384. The van der Waals surface area contributed by atoms with E-state index in [0.717, 1.165) is 20.8 Å². The second kappa shape index (κ2) is 6.73. The van der Waals surface area contributed by atoms with Gasteiger partial charge in [0.15, 0.2) is 11.5 Å². The number of ether oxygens (including phenoxy) is 1. The van der Waals surface area contributed by atoms with Gasteiger partial charge in [-0.2, -0.15) is 0 Å². The van der Waals surface area contributed by atoms with Crippen LogP contribution in [0.4, 0.5) is 5.69 Å². The zero-order valence-corrected chi connectivity index (χ0v) is 15.4. The fourth-order valence-electron chi connectivity index (χ4n) is 2.13. The number of phenolic OH excluding ortho intramolecular Hbond substituents is 1. The third kappa shape index (κ3) is 3.34. The maximum absolute atomic E-state index is 10.8. The SMILES string of the molecule is COc1cc(C=Cc2nc3ccc([N+](=O)[O-])cc3s2)cc(I)c1O. The summed E-state index contributed by atoms with van der Waals surface area (Å²) in [4.78, 5) is 14.8. The smallest absolute Gasteiger partial charge is 0.270 e. The van der Waals surface area contributed by atoms with E-state index in [-0.39, 0.29) is 11.4 Å². The molecule has 0 spiro atoms. The number of nitro groups is 1. The van der Waals surface area contributed by atoms with Gasteiger partial charge < -0.3 is 9.84 Å². The summed E-state index contributed by atoms with van der Waals surface area (Å²) in [5.74, 6) is 0.518. The highest BCUT2D eigenvalue weighted by Gasteiger charge is 2.10. The minimum absolute atomic E-state index is 0.0551. The maximum Gasteiger partial charge on any atom is 0.270 e. The molecule has 2 aromatic carbocycles. The number of rotatable bonds is 4. The van der Waals surface area contributed by atoms with Gasteiger partial charge in [-0.1, -0.05) is 6.08 Å². The van der Waals surface area contributed by atoms with Gasteiger partial charge in [0.2, 0.25) is 0 Å². The van der Waals surface area contributed by atoms with E-state index in [1.54, 1.807) is 12.1 Å². The molecule has 122 valence electrons. The van der Waals surface area contributed by atoms with E-state index in [4.69, 9.17) is 4.74 Å². The highest BCUT2D eigenvalue weighted by atomic mass is 127. The molecule has 1 aromatic heterocycles. The van der Waals surface area contributed by atoms with Crippen molar-refractivity contribution in [1.82, 2.24) is 4.98 Å². The van der Waals surface area contributed by atoms with Gasteiger partial charge in [-0.05, 0) is 52.4 Å². The Morgan fingerprint density at radius 3 is 2.83 bits per heavy atom. The first-order valence-electron chi connectivity index (χ1n) is 6.77. The minimum atomic E-state index is -0.417. The molecule has 0 saturated carbocycles. The van der Waals surface area contributed by atoms with E-state index in [1.807, 2.05) is 40.8 Å². The molecule has 1 N–H and O–H groups in total. The van der Waals surface area contributed by atoms with Crippen LogP contribution in [-0.4, -0.2) is 22.1 Å². The molecule has 0 radical (unpaired) electrons. The second-order valence-electron chi connectivity index (χ2n) is 4.85. The lowest BCUT2D eigenvalue weighted by Gasteiger charge is -2.06. The molecular weight excluding hydrogens is 443 g/mol. The lowest BCUT2D eigenvalue weighted by Crippen LogP contribution is -1.87. The first kappa shape index (κ1) is 16.7. The number of thiazole rings is 1. The van der Waals surface area contributed by atoms with E-state index in [1.165, 1.54) is 30.6 Å². The fourth-order valence-corrected chi connectivity index (χ4v) is 3.66. The third-order valence-corrected chi connectivity index (χ3v) is 5.09. The van der Waals surface area contributed by atoms with Gasteiger partial charge in [0.05, 0.1) is 25.8 Å². The van der Waals surface area contributed by atoms with E-state index < -0.39 is 4.92 Å². The fraction of sp³-hybridized carbons (Fsp3) is 0.0625. The van der Waals surface area contributed by atoms with E-state index in [0.29, 0.717) is 9.32 Å². The van der Waals surface area contributed by atoms with Crippen LogP contribution in [0.5, 0.6) is 11.5 Å². The normalized spacial score (nSPS) is 11.2. The summed E-state index contributed by atoms with van der Waals surface area (Å²) in [6.45, 7) is 0. The van der Waals surface area contributed by atoms with Crippen molar-refractivity contribution in [2.45, 2.75) is 0 Å². The molecule has 0 fully saturated rings. The van der Waals surface area contributed by atoms with E-state index in [2.05, 4.69) is 4.98 Å². The predicted octanol–water partition coefficient (Wildman–Crippen LogP) is 4.69. The molecule has 3 aromatic rings. The topological polar surface area (TPSA) is 85.5 Å². The Hall–Kier alpha value is -2.20. The number of aromatic nitrogens is 1. The van der Waals surface area contributed by atoms with Crippen LogP contribution in [0.25, 0.3) is 22.4 Å². The monoisotopic (exact) mass is 454 g/mol. The maximum atomic E-state index is 10.8. The van der Waals surface area contributed by atoms with Crippen LogP contribution in [-0.2, 0) is 0 Å². The first-order valence-corrected chi connectivity index (χ1v) is 8.67. The zero-order valence-electron chi connectivity index (χ0n) is 12.4. The van der Waals surface area contributed by atoms with Crippen LogP contribution in [0, 0.1) is 13.7 Å². The van der Waals surface area contributed by atoms with Crippen molar-refractivity contribution in [1.29, 1.82) is 0 Å². The summed E-state index contributed by atoms with van der Waals surface area (Å²) >= 11 is 3.41. The number of hydrogen-bond acceptors (Lipinski definition) is 6. The largest absolute Gasteiger partial charge is 0.504 e. The molecule has 3 rings (SSSR count). The summed E-state index contributed by atoms with van der Waals surface area (Å²) in [6, 6.07) is 8.17. The van der Waals surface area contributed by atoms with Crippen LogP contribution >= 0.6 is 33.9 Å². The van der Waals surface area contributed by atoms with Gasteiger partial charge in [-0.25, -0.2) is 4.98 Å². The molecule has 1 heterocycles. The molecule has 0 saturated heterocycles. The number of phenols is 1. The van der Waals surface area contributed by atoms with Crippen LogP contribution in [0.2, 0.25) is 0 Å². The number of hydrogen-bond donors (Lipinski definition) is 1. The van der Waals surface area contributed by atoms with Crippen molar-refractivity contribution in [2.24, 2.45) is 0 Å². The molecule has 0 aliphatic carbocycles. The summed E-state index contributed by atoms with van der Waals surface area (Å²) in [6.07, 6.45) is 3.69. The molecule has 6 nitrogen and oxygen atoms in total. The van der Waals surface area contributed by atoms with Crippen LogP contribution in [0.3, 0.4) is 0 Å². The Morgan fingerprint density at radius 2 is 2.12 bits per heavy atom. The number of benzene rings is 2. The Labute approximate surface area is 154 Å². The number of nitro benzene ring substituents is 1. The van der Waals surface area contributed by atoms with Crippen LogP contribution in [0.15, 0.2) is 30.3 Å². The number of fused-ring (bicyclic) bond motifs is 1. The number of halogens is 1. The Kier molecular flexibility index (Phi) is 4.67. The van der Waals surface area contributed by atoms with Gasteiger partial charge in [0, 0.05) is 12.1 Å². The lowest BCUT2D eigenvalue weighted by atomic mass is 10.2. The van der Waals surface area contributed by atoms with Crippen molar-refractivity contribution in [3.63, 3.8) is 0 Å². The zero-order chi connectivity index (χ0) is 17.3. The predicted molar refractivity (Wildman–Crippen MR) is 103 cm³/mol. The van der Waals surface area contributed by atoms with Gasteiger partial charge in [-0.3, -0.25) is 10.1 Å². The quantitative estimate of drug-likeness (QED) is 0.351. The highest BCUT2D eigenvalue weighted by molar-refractivity contribution is 14.1. The Balaban J connectivity index is 1.93. The van der Waals surface area contributed by atoms with Crippen molar-refractivity contribution < 1.29 is 14.8 Å². The molecule has 0 aliphatic rings. The number of methoxy groups -OCH3 is 1. The summed E-state index contributed by atoms with van der Waals surface area (Å²) in [5.41, 5.74) is 1.64. The average Bonchev–Trinajstić information content (AvgIpc) is 2.97. The summed E-state index contributed by atoms with van der Waals surface area (Å²) in [5, 5.41) is 21.4. The molecule has 0 amide bonds. The number of aromatic hydroxyl groups is 1. The van der Waals surface area contributed by atoms with Gasteiger partial charge in [0.1, 0.15) is 5.01 Å². The van der Waals surface area contributed by atoms with E-state index >= 15 is 0 Å². The third-order valence-electron chi connectivity index (χ3n) is 3.29. The van der Waals surface area contributed by atoms with Crippen LogP contribution in [0.1, 0.15) is 10.6 Å². The van der Waals surface area contributed by atoms with Crippen molar-refractivity contribution in [2.75, 3.05) is 7.11 Å². The second-order valence-corrected chi connectivity index (χ2v) is 7.07. The molecule has 0 aliphatic heterocycles. The molecule has 8 heteroatoms. The molecule has 24 heavy (non-hydrogen) atoms. The van der Waals surface area contributed by atoms with Gasteiger partial charge >= 0.3 is 0 Å². The number of nitrogens with zero attached hydrogens (tertiary/aromatic N) is 2. The molecule has 0 bridgehead atoms.